The van der Waals surface area contributed by atoms with Gasteiger partial charge < -0.3 is 0 Å². The maximum atomic E-state index is 6.03. The molecule has 2 aromatic heterocycles. The minimum absolute atomic E-state index is 0.162. The number of thiophene rings is 1. The van der Waals surface area contributed by atoms with Gasteiger partial charge in [0.15, 0.2) is 5.82 Å². The minimum Gasteiger partial charge on any atom is -0.232 e. The van der Waals surface area contributed by atoms with Crippen molar-refractivity contribution in [3.05, 3.63) is 33.9 Å². The summed E-state index contributed by atoms with van der Waals surface area (Å²) in [5, 5.41) is 0.516. The van der Waals surface area contributed by atoms with E-state index in [0.717, 1.165) is 22.8 Å². The standard InChI is InChI=1S/C14H17ClN2S/c1-5-9-8-12(15)17-13(16-9)10-6-7-11(18-10)14(2,3)4/h6-8H,5H2,1-4H3. The van der Waals surface area contributed by atoms with Gasteiger partial charge in [0.25, 0.3) is 0 Å². The van der Waals surface area contributed by atoms with Gasteiger partial charge in [-0.2, -0.15) is 0 Å². The van der Waals surface area contributed by atoms with Crippen molar-refractivity contribution >= 4 is 22.9 Å². The lowest BCUT2D eigenvalue weighted by Crippen LogP contribution is -2.07. The molecule has 2 aromatic rings. The van der Waals surface area contributed by atoms with Crippen LogP contribution >= 0.6 is 22.9 Å². The third kappa shape index (κ3) is 2.90. The molecule has 2 nitrogen and oxygen atoms in total. The van der Waals surface area contributed by atoms with Crippen molar-refractivity contribution in [3.8, 4) is 10.7 Å². The van der Waals surface area contributed by atoms with Gasteiger partial charge in [-0.15, -0.1) is 11.3 Å². The molecule has 4 heteroatoms. The Morgan fingerprint density at radius 2 is 1.94 bits per heavy atom. The molecule has 2 rings (SSSR count). The maximum absolute atomic E-state index is 6.03. The van der Waals surface area contributed by atoms with Gasteiger partial charge in [0.1, 0.15) is 5.15 Å². The number of aryl methyl sites for hydroxylation is 1. The molecule has 0 radical (unpaired) electrons. The van der Waals surface area contributed by atoms with Gasteiger partial charge in [-0.25, -0.2) is 9.97 Å². The number of hydrogen-bond donors (Lipinski definition) is 0. The fraction of sp³-hybridized carbons (Fsp3) is 0.429. The Morgan fingerprint density at radius 1 is 1.22 bits per heavy atom. The van der Waals surface area contributed by atoms with Crippen LogP contribution in [0.1, 0.15) is 38.3 Å². The molecule has 0 aliphatic rings. The first kappa shape index (κ1) is 13.5. The molecule has 0 saturated heterocycles. The van der Waals surface area contributed by atoms with Crippen LogP contribution in [-0.2, 0) is 11.8 Å². The van der Waals surface area contributed by atoms with E-state index in [0.29, 0.717) is 5.15 Å². The van der Waals surface area contributed by atoms with E-state index in [9.17, 15) is 0 Å². The highest BCUT2D eigenvalue weighted by Crippen LogP contribution is 2.34. The second kappa shape index (κ2) is 4.98. The van der Waals surface area contributed by atoms with E-state index in [1.165, 1.54) is 4.88 Å². The molecule has 2 heterocycles. The molecular weight excluding hydrogens is 264 g/mol. The lowest BCUT2D eigenvalue weighted by atomic mass is 9.95. The van der Waals surface area contributed by atoms with Crippen molar-refractivity contribution in [1.29, 1.82) is 0 Å². The molecular formula is C14H17ClN2S. The molecule has 0 aliphatic carbocycles. The number of rotatable bonds is 2. The molecule has 0 saturated carbocycles. The minimum atomic E-state index is 0.162. The Morgan fingerprint density at radius 3 is 2.50 bits per heavy atom. The predicted molar refractivity (Wildman–Crippen MR) is 78.4 cm³/mol. The topological polar surface area (TPSA) is 25.8 Å². The second-order valence-electron chi connectivity index (χ2n) is 5.27. The average Bonchev–Trinajstić information content (AvgIpc) is 2.77. The molecule has 0 aromatic carbocycles. The van der Waals surface area contributed by atoms with Crippen LogP contribution in [0.5, 0.6) is 0 Å². The zero-order valence-corrected chi connectivity index (χ0v) is 12.7. The first-order valence-electron chi connectivity index (χ1n) is 6.04. The fourth-order valence-electron chi connectivity index (χ4n) is 1.62. The number of nitrogens with zero attached hydrogens (tertiary/aromatic N) is 2. The van der Waals surface area contributed by atoms with E-state index in [1.54, 1.807) is 11.3 Å². The summed E-state index contributed by atoms with van der Waals surface area (Å²) in [7, 11) is 0. The molecule has 18 heavy (non-hydrogen) atoms. The van der Waals surface area contributed by atoms with E-state index in [-0.39, 0.29) is 5.41 Å². The molecule has 0 unspecified atom stereocenters. The molecule has 0 amide bonds. The van der Waals surface area contributed by atoms with Crippen LogP contribution in [0.3, 0.4) is 0 Å². The third-order valence-electron chi connectivity index (χ3n) is 2.68. The summed E-state index contributed by atoms with van der Waals surface area (Å²) >= 11 is 7.77. The molecule has 0 bridgehead atoms. The smallest absolute Gasteiger partial charge is 0.171 e. The van der Waals surface area contributed by atoms with Crippen LogP contribution in [0, 0.1) is 0 Å². The van der Waals surface area contributed by atoms with Crippen LogP contribution in [0.15, 0.2) is 18.2 Å². The normalized spacial score (nSPS) is 11.8. The highest BCUT2D eigenvalue weighted by atomic mass is 35.5. The van der Waals surface area contributed by atoms with Gasteiger partial charge in [-0.3, -0.25) is 0 Å². The van der Waals surface area contributed by atoms with E-state index in [1.807, 2.05) is 6.07 Å². The number of hydrogen-bond acceptors (Lipinski definition) is 3. The molecule has 96 valence electrons. The van der Waals surface area contributed by atoms with Crippen molar-refractivity contribution in [3.63, 3.8) is 0 Å². The zero-order valence-electron chi connectivity index (χ0n) is 11.1. The zero-order chi connectivity index (χ0) is 13.3. The van der Waals surface area contributed by atoms with Gasteiger partial charge in [-0.1, -0.05) is 39.3 Å². The Labute approximate surface area is 117 Å². The monoisotopic (exact) mass is 280 g/mol. The van der Waals surface area contributed by atoms with Crippen LogP contribution in [0.2, 0.25) is 5.15 Å². The molecule has 0 N–H and O–H groups in total. The van der Waals surface area contributed by atoms with Crippen molar-refractivity contribution < 1.29 is 0 Å². The molecule has 0 spiro atoms. The summed E-state index contributed by atoms with van der Waals surface area (Å²) in [5.41, 5.74) is 1.14. The maximum Gasteiger partial charge on any atom is 0.171 e. The summed E-state index contributed by atoms with van der Waals surface area (Å²) in [6.07, 6.45) is 0.868. The van der Waals surface area contributed by atoms with E-state index >= 15 is 0 Å². The Hall–Kier alpha value is -0.930. The summed E-state index contributed by atoms with van der Waals surface area (Å²) in [6, 6.07) is 6.05. The highest BCUT2D eigenvalue weighted by Gasteiger charge is 2.17. The lowest BCUT2D eigenvalue weighted by molar-refractivity contribution is 0.604. The van der Waals surface area contributed by atoms with Crippen LogP contribution in [-0.4, -0.2) is 9.97 Å². The summed E-state index contributed by atoms with van der Waals surface area (Å²) < 4.78 is 0. The fourth-order valence-corrected chi connectivity index (χ4v) is 2.82. The van der Waals surface area contributed by atoms with Crippen LogP contribution in [0.25, 0.3) is 10.7 Å². The summed E-state index contributed by atoms with van der Waals surface area (Å²) in [5.74, 6) is 0.736. The molecule has 0 fully saturated rings. The number of halogens is 1. The van der Waals surface area contributed by atoms with Gasteiger partial charge in [0.05, 0.1) is 4.88 Å². The first-order valence-corrected chi connectivity index (χ1v) is 7.23. The van der Waals surface area contributed by atoms with Crippen LogP contribution in [0.4, 0.5) is 0 Å². The molecule has 0 atom stereocenters. The first-order chi connectivity index (χ1) is 8.40. The van der Waals surface area contributed by atoms with E-state index in [4.69, 9.17) is 11.6 Å². The Bertz CT molecular complexity index is 555. The Balaban J connectivity index is 2.43. The average molecular weight is 281 g/mol. The largest absolute Gasteiger partial charge is 0.232 e. The summed E-state index contributed by atoms with van der Waals surface area (Å²) in [4.78, 5) is 11.3. The predicted octanol–water partition coefficient (Wildman–Crippen LogP) is 4.72. The van der Waals surface area contributed by atoms with Gasteiger partial charge >= 0.3 is 0 Å². The van der Waals surface area contributed by atoms with Gasteiger partial charge in [-0.05, 0) is 30.0 Å². The van der Waals surface area contributed by atoms with Gasteiger partial charge in [0, 0.05) is 10.6 Å². The van der Waals surface area contributed by atoms with E-state index < -0.39 is 0 Å². The Kier molecular flexibility index (Phi) is 3.74. The number of aromatic nitrogens is 2. The van der Waals surface area contributed by atoms with Crippen molar-refractivity contribution in [2.75, 3.05) is 0 Å². The van der Waals surface area contributed by atoms with Gasteiger partial charge in [0.2, 0.25) is 0 Å². The van der Waals surface area contributed by atoms with Crippen LogP contribution < -0.4 is 0 Å². The van der Waals surface area contributed by atoms with E-state index in [2.05, 4.69) is 49.8 Å². The van der Waals surface area contributed by atoms with Crippen molar-refractivity contribution in [2.45, 2.75) is 39.5 Å². The lowest BCUT2D eigenvalue weighted by Gasteiger charge is -2.15. The third-order valence-corrected chi connectivity index (χ3v) is 4.38. The summed E-state index contributed by atoms with van der Waals surface area (Å²) in [6.45, 7) is 8.69. The van der Waals surface area contributed by atoms with Crippen molar-refractivity contribution in [1.82, 2.24) is 9.97 Å². The van der Waals surface area contributed by atoms with Crippen molar-refractivity contribution in [2.24, 2.45) is 0 Å². The highest BCUT2D eigenvalue weighted by molar-refractivity contribution is 7.15. The SMILES string of the molecule is CCc1cc(Cl)nc(-c2ccc(C(C)(C)C)s2)n1. The quantitative estimate of drug-likeness (QED) is 0.744. The second-order valence-corrected chi connectivity index (χ2v) is 6.74. The molecule has 0 aliphatic heterocycles.